The van der Waals surface area contributed by atoms with Crippen molar-refractivity contribution in [3.63, 3.8) is 0 Å². The molecule has 3 N–H and O–H groups in total. The number of aliphatic carboxylic acids is 1. The first-order chi connectivity index (χ1) is 11.3. The number of phenols is 2. The number of hydrogen-bond donors (Lipinski definition) is 3. The van der Waals surface area contributed by atoms with E-state index in [1.165, 1.54) is 18.2 Å². The van der Waals surface area contributed by atoms with Gasteiger partial charge in [0, 0.05) is 6.42 Å². The quantitative estimate of drug-likeness (QED) is 0.694. The highest BCUT2D eigenvalue weighted by Gasteiger charge is 2.20. The largest absolute Gasteiger partial charge is 0.504 e. The van der Waals surface area contributed by atoms with Crippen molar-refractivity contribution in [2.75, 3.05) is 0 Å². The Balaban J connectivity index is 2.10. The SMILES string of the molecule is Cc1nc(C)c(CO[C@H](Cc2ccc(O)c(O)c2)C(=O)O)nc1C. The van der Waals surface area contributed by atoms with Crippen molar-refractivity contribution in [1.82, 2.24) is 9.97 Å². The van der Waals surface area contributed by atoms with Crippen LogP contribution in [0.5, 0.6) is 11.5 Å². The smallest absolute Gasteiger partial charge is 0.333 e. The maximum absolute atomic E-state index is 11.4. The zero-order valence-corrected chi connectivity index (χ0v) is 13.8. The molecule has 128 valence electrons. The van der Waals surface area contributed by atoms with E-state index in [0.717, 1.165) is 11.4 Å². The van der Waals surface area contributed by atoms with Gasteiger partial charge < -0.3 is 20.1 Å². The van der Waals surface area contributed by atoms with Crippen LogP contribution >= 0.6 is 0 Å². The van der Waals surface area contributed by atoms with E-state index in [9.17, 15) is 20.1 Å². The van der Waals surface area contributed by atoms with Gasteiger partial charge in [0.15, 0.2) is 17.6 Å². The first-order valence-electron chi connectivity index (χ1n) is 7.44. The molecule has 1 aromatic heterocycles. The number of carboxylic acids is 1. The second-order valence-corrected chi connectivity index (χ2v) is 5.59. The molecule has 7 heteroatoms. The van der Waals surface area contributed by atoms with Crippen molar-refractivity contribution < 1.29 is 24.9 Å². The van der Waals surface area contributed by atoms with Gasteiger partial charge in [0.1, 0.15) is 0 Å². The Morgan fingerprint density at radius 3 is 2.38 bits per heavy atom. The minimum Gasteiger partial charge on any atom is -0.504 e. The van der Waals surface area contributed by atoms with Crippen LogP contribution in [0.2, 0.25) is 0 Å². The summed E-state index contributed by atoms with van der Waals surface area (Å²) in [7, 11) is 0. The Bertz CT molecular complexity index is 761. The van der Waals surface area contributed by atoms with E-state index in [1.807, 2.05) is 13.8 Å². The molecule has 0 saturated carbocycles. The number of hydrogen-bond acceptors (Lipinski definition) is 6. The van der Waals surface area contributed by atoms with Crippen molar-refractivity contribution >= 4 is 5.97 Å². The van der Waals surface area contributed by atoms with Crippen LogP contribution in [0.4, 0.5) is 0 Å². The van der Waals surface area contributed by atoms with E-state index in [2.05, 4.69) is 9.97 Å². The van der Waals surface area contributed by atoms with Crippen LogP contribution in [-0.2, 0) is 22.6 Å². The third-order valence-electron chi connectivity index (χ3n) is 3.74. The van der Waals surface area contributed by atoms with Crippen LogP contribution in [0.1, 0.15) is 28.3 Å². The molecule has 0 radical (unpaired) electrons. The van der Waals surface area contributed by atoms with Crippen LogP contribution in [0.25, 0.3) is 0 Å². The number of carboxylic acid groups (broad SMARTS) is 1. The molecule has 0 fully saturated rings. The van der Waals surface area contributed by atoms with E-state index in [1.54, 1.807) is 6.92 Å². The van der Waals surface area contributed by atoms with E-state index in [4.69, 9.17) is 4.74 Å². The molecular weight excluding hydrogens is 312 g/mol. The molecule has 24 heavy (non-hydrogen) atoms. The lowest BCUT2D eigenvalue weighted by Crippen LogP contribution is -2.26. The predicted octanol–water partition coefficient (Wildman–Crippen LogP) is 2.03. The summed E-state index contributed by atoms with van der Waals surface area (Å²) in [4.78, 5) is 20.1. The molecule has 0 unspecified atom stereocenters. The summed E-state index contributed by atoms with van der Waals surface area (Å²) < 4.78 is 5.49. The fourth-order valence-corrected chi connectivity index (χ4v) is 2.21. The fraction of sp³-hybridized carbons (Fsp3) is 0.353. The van der Waals surface area contributed by atoms with Crippen LogP contribution in [0.3, 0.4) is 0 Å². The van der Waals surface area contributed by atoms with Crippen LogP contribution in [0, 0.1) is 20.8 Å². The highest BCUT2D eigenvalue weighted by Crippen LogP contribution is 2.25. The number of carbonyl (C=O) groups is 1. The summed E-state index contributed by atoms with van der Waals surface area (Å²) in [6, 6.07) is 4.16. The second kappa shape index (κ2) is 7.27. The molecule has 0 saturated heterocycles. The van der Waals surface area contributed by atoms with Gasteiger partial charge in [-0.1, -0.05) is 6.07 Å². The summed E-state index contributed by atoms with van der Waals surface area (Å²) in [6.07, 6.45) is -1.04. The number of rotatable bonds is 6. The van der Waals surface area contributed by atoms with Crippen molar-refractivity contribution in [1.29, 1.82) is 0 Å². The lowest BCUT2D eigenvalue weighted by atomic mass is 10.1. The van der Waals surface area contributed by atoms with Crippen LogP contribution in [-0.4, -0.2) is 37.4 Å². The molecule has 2 rings (SSSR count). The Hall–Kier alpha value is -2.67. The number of aromatic nitrogens is 2. The molecule has 7 nitrogen and oxygen atoms in total. The first-order valence-corrected chi connectivity index (χ1v) is 7.44. The minimum absolute atomic E-state index is 0.0288. The van der Waals surface area contributed by atoms with Gasteiger partial charge in [-0.25, -0.2) is 4.79 Å². The van der Waals surface area contributed by atoms with Gasteiger partial charge in [-0.2, -0.15) is 0 Å². The molecule has 1 aromatic carbocycles. The Morgan fingerprint density at radius 2 is 1.75 bits per heavy atom. The molecule has 1 atom stereocenters. The van der Waals surface area contributed by atoms with E-state index in [-0.39, 0.29) is 24.5 Å². The minimum atomic E-state index is -1.11. The Morgan fingerprint density at radius 1 is 1.08 bits per heavy atom. The van der Waals surface area contributed by atoms with E-state index < -0.39 is 12.1 Å². The van der Waals surface area contributed by atoms with Gasteiger partial charge in [0.05, 0.1) is 29.4 Å². The first kappa shape index (κ1) is 17.7. The number of benzene rings is 1. The van der Waals surface area contributed by atoms with Crippen LogP contribution in [0.15, 0.2) is 18.2 Å². The summed E-state index contributed by atoms with van der Waals surface area (Å²) in [5, 5.41) is 28.1. The molecule has 0 amide bonds. The zero-order chi connectivity index (χ0) is 17.9. The molecule has 0 aliphatic carbocycles. The topological polar surface area (TPSA) is 113 Å². The molecule has 0 aliphatic heterocycles. The maximum atomic E-state index is 11.4. The van der Waals surface area contributed by atoms with Crippen molar-refractivity contribution in [2.24, 2.45) is 0 Å². The number of ether oxygens (including phenoxy) is 1. The van der Waals surface area contributed by atoms with Crippen molar-refractivity contribution in [3.8, 4) is 11.5 Å². The number of phenolic OH excluding ortho intramolecular Hbond substituents is 2. The van der Waals surface area contributed by atoms with Crippen molar-refractivity contribution in [2.45, 2.75) is 39.9 Å². The maximum Gasteiger partial charge on any atom is 0.333 e. The van der Waals surface area contributed by atoms with Gasteiger partial charge in [0.25, 0.3) is 0 Å². The summed E-state index contributed by atoms with van der Waals surface area (Å²) in [6.45, 7) is 5.52. The normalized spacial score (nSPS) is 12.1. The molecule has 0 bridgehead atoms. The standard InChI is InChI=1S/C17H20N2O5/c1-9-10(2)19-13(11(3)18-9)8-24-16(17(22)23)7-12-4-5-14(20)15(21)6-12/h4-6,16,20-21H,7-8H2,1-3H3,(H,22,23)/t16-/m1/s1. The van der Waals surface area contributed by atoms with E-state index in [0.29, 0.717) is 17.0 Å². The van der Waals surface area contributed by atoms with Gasteiger partial charge in [0.2, 0.25) is 0 Å². The average Bonchev–Trinajstić information content (AvgIpc) is 2.51. The fourth-order valence-electron chi connectivity index (χ4n) is 2.21. The van der Waals surface area contributed by atoms with Gasteiger partial charge in [-0.15, -0.1) is 0 Å². The molecule has 0 aliphatic rings. The highest BCUT2D eigenvalue weighted by atomic mass is 16.5. The lowest BCUT2D eigenvalue weighted by Gasteiger charge is -2.15. The average molecular weight is 332 g/mol. The lowest BCUT2D eigenvalue weighted by molar-refractivity contribution is -0.151. The summed E-state index contributed by atoms with van der Waals surface area (Å²) in [5.74, 6) is -1.67. The molecule has 1 heterocycles. The van der Waals surface area contributed by atoms with E-state index >= 15 is 0 Å². The molecular formula is C17H20N2O5. The Labute approximate surface area is 139 Å². The number of nitrogens with zero attached hydrogens (tertiary/aromatic N) is 2. The number of aromatic hydroxyl groups is 2. The number of aryl methyl sites for hydroxylation is 3. The van der Waals surface area contributed by atoms with Gasteiger partial charge in [-0.05, 0) is 38.5 Å². The Kier molecular flexibility index (Phi) is 5.35. The predicted molar refractivity (Wildman–Crippen MR) is 85.9 cm³/mol. The zero-order valence-electron chi connectivity index (χ0n) is 13.8. The third-order valence-corrected chi connectivity index (χ3v) is 3.74. The second-order valence-electron chi connectivity index (χ2n) is 5.59. The summed E-state index contributed by atoms with van der Waals surface area (Å²) in [5.41, 5.74) is 3.43. The molecule has 0 spiro atoms. The summed E-state index contributed by atoms with van der Waals surface area (Å²) >= 11 is 0. The van der Waals surface area contributed by atoms with Crippen molar-refractivity contribution in [3.05, 3.63) is 46.5 Å². The van der Waals surface area contributed by atoms with Gasteiger partial charge >= 0.3 is 5.97 Å². The van der Waals surface area contributed by atoms with Gasteiger partial charge in [-0.3, -0.25) is 9.97 Å². The monoisotopic (exact) mass is 332 g/mol. The third kappa shape index (κ3) is 4.20. The van der Waals surface area contributed by atoms with Crippen LogP contribution < -0.4 is 0 Å². The molecule has 2 aromatic rings. The highest BCUT2D eigenvalue weighted by molar-refractivity contribution is 5.72.